The smallest absolute Gasteiger partial charge is 0.217 e. The molecule has 22 heavy (non-hydrogen) atoms. The number of nitrogens with zero attached hydrogens (tertiary/aromatic N) is 2. The lowest BCUT2D eigenvalue weighted by Gasteiger charge is -2.25. The highest BCUT2D eigenvalue weighted by Crippen LogP contribution is 2.39. The summed E-state index contributed by atoms with van der Waals surface area (Å²) in [7, 11) is -3.08. The second-order valence-corrected chi connectivity index (χ2v) is 8.83. The number of likely N-dealkylation sites (tertiary alicyclic amines) is 1. The highest BCUT2D eigenvalue weighted by Gasteiger charge is 2.50. The Kier molecular flexibility index (Phi) is 3.51. The van der Waals surface area contributed by atoms with Crippen LogP contribution in [0.1, 0.15) is 31.2 Å². The Balaban J connectivity index is 1.48. The van der Waals surface area contributed by atoms with Crippen LogP contribution < -0.4 is 0 Å². The second kappa shape index (κ2) is 5.28. The van der Waals surface area contributed by atoms with Gasteiger partial charge in [0.1, 0.15) is 5.82 Å². The van der Waals surface area contributed by atoms with Gasteiger partial charge in [0.15, 0.2) is 0 Å². The summed E-state index contributed by atoms with van der Waals surface area (Å²) < 4.78 is 40.1. The van der Waals surface area contributed by atoms with E-state index in [1.165, 1.54) is 6.07 Å². The van der Waals surface area contributed by atoms with E-state index in [1.54, 1.807) is 16.4 Å². The molecule has 4 rings (SSSR count). The molecule has 1 aromatic rings. The lowest BCUT2D eigenvalue weighted by molar-refractivity contribution is 0.240. The van der Waals surface area contributed by atoms with Crippen molar-refractivity contribution in [3.63, 3.8) is 0 Å². The van der Waals surface area contributed by atoms with Gasteiger partial charge in [-0.25, -0.2) is 12.8 Å². The van der Waals surface area contributed by atoms with E-state index in [0.717, 1.165) is 37.8 Å². The molecule has 2 atom stereocenters. The molecule has 0 unspecified atom stereocenters. The minimum Gasteiger partial charge on any atom is -0.294 e. The van der Waals surface area contributed by atoms with Crippen LogP contribution in [0.4, 0.5) is 4.39 Å². The SMILES string of the molecule is O=S(=O)(C1CC1)N1CC[C@@H]2[C@H]1CCN2Cc1cccc(F)c1. The number of hydrogen-bond acceptors (Lipinski definition) is 3. The van der Waals surface area contributed by atoms with Gasteiger partial charge in [0.05, 0.1) is 5.25 Å². The molecule has 6 heteroatoms. The molecule has 4 nitrogen and oxygen atoms in total. The van der Waals surface area contributed by atoms with Crippen molar-refractivity contribution in [3.05, 3.63) is 35.6 Å². The van der Waals surface area contributed by atoms with Crippen molar-refractivity contribution in [2.75, 3.05) is 13.1 Å². The van der Waals surface area contributed by atoms with Crippen LogP contribution in [0, 0.1) is 5.82 Å². The van der Waals surface area contributed by atoms with Gasteiger partial charge in [0.2, 0.25) is 10.0 Å². The Bertz CT molecular complexity index is 674. The Labute approximate surface area is 131 Å². The quantitative estimate of drug-likeness (QED) is 0.850. The standard InChI is InChI=1S/C16H21FN2O2S/c17-13-3-1-2-12(10-13)11-18-8-6-16-15(18)7-9-19(16)22(20,21)14-4-5-14/h1-3,10,14-16H,4-9,11H2/t15-,16-/m1/s1. The summed E-state index contributed by atoms with van der Waals surface area (Å²) in [6.45, 7) is 2.24. The number of hydrogen-bond donors (Lipinski definition) is 0. The van der Waals surface area contributed by atoms with Crippen LogP contribution in [-0.4, -0.2) is 48.0 Å². The van der Waals surface area contributed by atoms with Crippen molar-refractivity contribution in [1.82, 2.24) is 9.21 Å². The highest BCUT2D eigenvalue weighted by atomic mass is 32.2. The van der Waals surface area contributed by atoms with Gasteiger partial charge in [-0.05, 0) is 43.4 Å². The van der Waals surface area contributed by atoms with E-state index in [4.69, 9.17) is 0 Å². The van der Waals surface area contributed by atoms with Gasteiger partial charge in [-0.3, -0.25) is 4.90 Å². The van der Waals surface area contributed by atoms with Crippen LogP contribution in [-0.2, 0) is 16.6 Å². The molecule has 2 heterocycles. The number of benzene rings is 1. The molecule has 1 aliphatic carbocycles. The molecular weight excluding hydrogens is 303 g/mol. The van der Waals surface area contributed by atoms with Crippen LogP contribution in [0.15, 0.2) is 24.3 Å². The summed E-state index contributed by atoms with van der Waals surface area (Å²) in [6.07, 6.45) is 3.43. The lowest BCUT2D eigenvalue weighted by Crippen LogP contribution is -2.41. The van der Waals surface area contributed by atoms with Gasteiger partial charge < -0.3 is 0 Å². The van der Waals surface area contributed by atoms with E-state index < -0.39 is 10.0 Å². The highest BCUT2D eigenvalue weighted by molar-refractivity contribution is 7.90. The average Bonchev–Trinajstić information content (AvgIpc) is 3.14. The molecule has 0 aromatic heterocycles. The van der Waals surface area contributed by atoms with Gasteiger partial charge in [0, 0.05) is 31.7 Å². The van der Waals surface area contributed by atoms with E-state index in [-0.39, 0.29) is 23.2 Å². The molecule has 1 aromatic carbocycles. The molecule has 2 saturated heterocycles. The fourth-order valence-corrected chi connectivity index (χ4v) is 6.07. The Morgan fingerprint density at radius 3 is 2.59 bits per heavy atom. The van der Waals surface area contributed by atoms with Crippen molar-refractivity contribution in [2.24, 2.45) is 0 Å². The van der Waals surface area contributed by atoms with E-state index >= 15 is 0 Å². The maximum Gasteiger partial charge on any atom is 0.217 e. The van der Waals surface area contributed by atoms with Crippen LogP contribution in [0.25, 0.3) is 0 Å². The number of halogens is 1. The molecule has 0 spiro atoms. The summed E-state index contributed by atoms with van der Waals surface area (Å²) in [5, 5.41) is -0.122. The van der Waals surface area contributed by atoms with Crippen LogP contribution in [0.2, 0.25) is 0 Å². The third-order valence-electron chi connectivity index (χ3n) is 5.19. The number of fused-ring (bicyclic) bond motifs is 1. The van der Waals surface area contributed by atoms with Crippen molar-refractivity contribution in [2.45, 2.75) is 49.6 Å². The topological polar surface area (TPSA) is 40.6 Å². The lowest BCUT2D eigenvalue weighted by atomic mass is 10.1. The Morgan fingerprint density at radius 2 is 1.86 bits per heavy atom. The zero-order chi connectivity index (χ0) is 15.3. The summed E-state index contributed by atoms with van der Waals surface area (Å²) in [5.74, 6) is -0.211. The van der Waals surface area contributed by atoms with Crippen LogP contribution in [0.3, 0.4) is 0 Å². The first kappa shape index (κ1) is 14.6. The average molecular weight is 324 g/mol. The molecule has 0 radical (unpaired) electrons. The maximum atomic E-state index is 13.3. The zero-order valence-corrected chi connectivity index (χ0v) is 13.3. The van der Waals surface area contributed by atoms with E-state index in [0.29, 0.717) is 13.1 Å². The molecular formula is C16H21FN2O2S. The first-order valence-electron chi connectivity index (χ1n) is 8.05. The minimum absolute atomic E-state index is 0.122. The van der Waals surface area contributed by atoms with Crippen LogP contribution >= 0.6 is 0 Å². The van der Waals surface area contributed by atoms with Gasteiger partial charge in [0.25, 0.3) is 0 Å². The molecule has 2 aliphatic heterocycles. The van der Waals surface area contributed by atoms with Crippen molar-refractivity contribution in [1.29, 1.82) is 0 Å². The first-order chi connectivity index (χ1) is 10.6. The van der Waals surface area contributed by atoms with E-state index in [1.807, 2.05) is 6.07 Å². The van der Waals surface area contributed by atoms with Crippen molar-refractivity contribution < 1.29 is 12.8 Å². The fourth-order valence-electron chi connectivity index (χ4n) is 3.98. The molecule has 3 aliphatic rings. The monoisotopic (exact) mass is 324 g/mol. The van der Waals surface area contributed by atoms with E-state index in [9.17, 15) is 12.8 Å². The third-order valence-corrected chi connectivity index (χ3v) is 7.61. The third kappa shape index (κ3) is 2.47. The molecule has 0 bridgehead atoms. The van der Waals surface area contributed by atoms with Crippen LogP contribution in [0.5, 0.6) is 0 Å². The summed E-state index contributed by atoms with van der Waals surface area (Å²) in [6, 6.07) is 7.10. The number of rotatable bonds is 4. The normalized spacial score (nSPS) is 29.9. The zero-order valence-electron chi connectivity index (χ0n) is 12.5. The minimum atomic E-state index is -3.08. The van der Waals surface area contributed by atoms with Crippen molar-refractivity contribution >= 4 is 10.0 Å². The van der Waals surface area contributed by atoms with Gasteiger partial charge in [-0.1, -0.05) is 12.1 Å². The fraction of sp³-hybridized carbons (Fsp3) is 0.625. The van der Waals surface area contributed by atoms with E-state index in [2.05, 4.69) is 4.90 Å². The molecule has 1 saturated carbocycles. The largest absolute Gasteiger partial charge is 0.294 e. The molecule has 0 N–H and O–H groups in total. The Morgan fingerprint density at radius 1 is 1.09 bits per heavy atom. The van der Waals surface area contributed by atoms with Gasteiger partial charge >= 0.3 is 0 Å². The predicted molar refractivity (Wildman–Crippen MR) is 82.3 cm³/mol. The van der Waals surface area contributed by atoms with Crippen molar-refractivity contribution in [3.8, 4) is 0 Å². The molecule has 0 amide bonds. The summed E-state index contributed by atoms with van der Waals surface area (Å²) in [4.78, 5) is 2.32. The second-order valence-electron chi connectivity index (χ2n) is 6.67. The van der Waals surface area contributed by atoms with Gasteiger partial charge in [-0.2, -0.15) is 4.31 Å². The Hall–Kier alpha value is -0.980. The summed E-state index contributed by atoms with van der Waals surface area (Å²) >= 11 is 0. The summed E-state index contributed by atoms with van der Waals surface area (Å²) in [5.41, 5.74) is 0.962. The first-order valence-corrected chi connectivity index (χ1v) is 9.55. The predicted octanol–water partition coefficient (Wildman–Crippen LogP) is 1.97. The molecule has 120 valence electrons. The number of sulfonamides is 1. The maximum absolute atomic E-state index is 13.3. The molecule has 3 fully saturated rings. The van der Waals surface area contributed by atoms with Gasteiger partial charge in [-0.15, -0.1) is 0 Å².